The largest absolute Gasteiger partial charge is 0.378 e. The number of nitrogens with two attached hydrogens (primary N) is 1. The van der Waals surface area contributed by atoms with E-state index in [1.54, 1.807) is 0 Å². The summed E-state index contributed by atoms with van der Waals surface area (Å²) in [6.45, 7) is 9.47. The Kier molecular flexibility index (Phi) is 4.85. The molecular formula is C11H24N2O. The van der Waals surface area contributed by atoms with E-state index < -0.39 is 0 Å². The summed E-state index contributed by atoms with van der Waals surface area (Å²) >= 11 is 0. The first-order valence-electron chi connectivity index (χ1n) is 5.76. The summed E-state index contributed by atoms with van der Waals surface area (Å²) < 4.78 is 5.61. The van der Waals surface area contributed by atoms with E-state index in [0.29, 0.717) is 12.1 Å². The van der Waals surface area contributed by atoms with Crippen LogP contribution in [0, 0.1) is 0 Å². The van der Waals surface area contributed by atoms with Gasteiger partial charge in [-0.15, -0.1) is 0 Å². The van der Waals surface area contributed by atoms with Crippen molar-refractivity contribution in [1.82, 2.24) is 4.90 Å². The van der Waals surface area contributed by atoms with Crippen LogP contribution < -0.4 is 5.73 Å². The van der Waals surface area contributed by atoms with Crippen LogP contribution in [0.25, 0.3) is 0 Å². The van der Waals surface area contributed by atoms with Crippen LogP contribution >= 0.6 is 0 Å². The Morgan fingerprint density at radius 2 is 1.93 bits per heavy atom. The number of rotatable bonds is 4. The van der Waals surface area contributed by atoms with Crippen LogP contribution in [0.15, 0.2) is 0 Å². The Labute approximate surface area is 87.6 Å². The average molecular weight is 200 g/mol. The second-order valence-electron chi connectivity index (χ2n) is 4.29. The third-order valence-electron chi connectivity index (χ3n) is 3.22. The van der Waals surface area contributed by atoms with E-state index in [9.17, 15) is 0 Å². The molecule has 1 saturated heterocycles. The molecule has 1 heterocycles. The van der Waals surface area contributed by atoms with Gasteiger partial charge in [0.25, 0.3) is 0 Å². The van der Waals surface area contributed by atoms with E-state index in [1.807, 2.05) is 0 Å². The quantitative estimate of drug-likeness (QED) is 0.741. The first-order chi connectivity index (χ1) is 6.65. The highest BCUT2D eigenvalue weighted by Gasteiger charge is 2.24. The third kappa shape index (κ3) is 3.23. The van der Waals surface area contributed by atoms with Crippen molar-refractivity contribution in [3.8, 4) is 0 Å². The van der Waals surface area contributed by atoms with Crippen LogP contribution in [0.2, 0.25) is 0 Å². The minimum atomic E-state index is 0.263. The third-order valence-corrected chi connectivity index (χ3v) is 3.22. The van der Waals surface area contributed by atoms with Gasteiger partial charge in [-0.2, -0.15) is 0 Å². The van der Waals surface area contributed by atoms with Crippen molar-refractivity contribution in [1.29, 1.82) is 0 Å². The molecule has 2 atom stereocenters. The molecule has 3 nitrogen and oxygen atoms in total. The molecule has 0 amide bonds. The van der Waals surface area contributed by atoms with E-state index in [1.165, 1.54) is 0 Å². The van der Waals surface area contributed by atoms with Crippen LogP contribution in [-0.2, 0) is 4.74 Å². The van der Waals surface area contributed by atoms with Crippen LogP contribution in [0.1, 0.15) is 33.6 Å². The molecule has 0 aliphatic carbocycles. The van der Waals surface area contributed by atoms with E-state index >= 15 is 0 Å². The van der Waals surface area contributed by atoms with Crippen molar-refractivity contribution in [3.05, 3.63) is 0 Å². The van der Waals surface area contributed by atoms with Crippen molar-refractivity contribution >= 4 is 0 Å². The van der Waals surface area contributed by atoms with Gasteiger partial charge in [0, 0.05) is 31.8 Å². The number of piperidine rings is 1. The number of ether oxygens (including phenoxy) is 1. The molecule has 0 spiro atoms. The highest BCUT2D eigenvalue weighted by molar-refractivity contribution is 4.80. The molecular weight excluding hydrogens is 176 g/mol. The number of nitrogens with zero attached hydrogens (tertiary/aromatic N) is 1. The zero-order chi connectivity index (χ0) is 10.6. The topological polar surface area (TPSA) is 38.5 Å². The maximum absolute atomic E-state index is 5.89. The fraction of sp³-hybridized carbons (Fsp3) is 1.00. The highest BCUT2D eigenvalue weighted by atomic mass is 16.5. The standard InChI is InChI=1S/C11H24N2O/c1-4-14-11-5-7-13(8-6-11)10(3)9(2)12/h9-11H,4-8,12H2,1-3H3. The Bertz CT molecular complexity index is 153. The lowest BCUT2D eigenvalue weighted by Crippen LogP contribution is -2.48. The van der Waals surface area contributed by atoms with Crippen LogP contribution in [-0.4, -0.2) is 42.8 Å². The van der Waals surface area contributed by atoms with Gasteiger partial charge in [0.1, 0.15) is 0 Å². The van der Waals surface area contributed by atoms with E-state index in [2.05, 4.69) is 25.7 Å². The average Bonchev–Trinajstić information content (AvgIpc) is 2.18. The van der Waals surface area contributed by atoms with Crippen molar-refractivity contribution in [2.24, 2.45) is 5.73 Å². The molecule has 0 bridgehead atoms. The zero-order valence-electron chi connectivity index (χ0n) is 9.70. The maximum atomic E-state index is 5.89. The molecule has 1 aliphatic heterocycles. The Balaban J connectivity index is 2.28. The zero-order valence-corrected chi connectivity index (χ0v) is 9.70. The smallest absolute Gasteiger partial charge is 0.0599 e. The Hall–Kier alpha value is -0.120. The second kappa shape index (κ2) is 5.69. The van der Waals surface area contributed by atoms with E-state index in [0.717, 1.165) is 32.5 Å². The summed E-state index contributed by atoms with van der Waals surface area (Å²) in [6.07, 6.45) is 2.80. The number of likely N-dealkylation sites (tertiary alicyclic amines) is 1. The first kappa shape index (κ1) is 12.0. The van der Waals surface area contributed by atoms with Crippen molar-refractivity contribution < 1.29 is 4.74 Å². The van der Waals surface area contributed by atoms with Gasteiger partial charge in [-0.1, -0.05) is 0 Å². The molecule has 1 rings (SSSR count). The molecule has 1 fully saturated rings. The van der Waals surface area contributed by atoms with E-state index in [4.69, 9.17) is 10.5 Å². The molecule has 0 saturated carbocycles. The predicted molar refractivity (Wildman–Crippen MR) is 59.3 cm³/mol. The molecule has 3 heteroatoms. The highest BCUT2D eigenvalue weighted by Crippen LogP contribution is 2.16. The monoisotopic (exact) mass is 200 g/mol. The minimum Gasteiger partial charge on any atom is -0.378 e. The van der Waals surface area contributed by atoms with Gasteiger partial charge in [0.05, 0.1) is 6.10 Å². The Morgan fingerprint density at radius 1 is 1.36 bits per heavy atom. The summed E-state index contributed by atoms with van der Waals surface area (Å²) in [5, 5.41) is 0. The lowest BCUT2D eigenvalue weighted by molar-refractivity contribution is 0.00379. The van der Waals surface area contributed by atoms with Gasteiger partial charge in [0.15, 0.2) is 0 Å². The molecule has 0 aromatic carbocycles. The van der Waals surface area contributed by atoms with Crippen molar-refractivity contribution in [2.45, 2.75) is 51.8 Å². The normalized spacial score (nSPS) is 24.9. The molecule has 84 valence electrons. The van der Waals surface area contributed by atoms with Gasteiger partial charge < -0.3 is 10.5 Å². The second-order valence-corrected chi connectivity index (χ2v) is 4.29. The van der Waals surface area contributed by atoms with Gasteiger partial charge in [-0.05, 0) is 33.6 Å². The fourth-order valence-corrected chi connectivity index (χ4v) is 2.02. The fourth-order valence-electron chi connectivity index (χ4n) is 2.02. The van der Waals surface area contributed by atoms with Crippen molar-refractivity contribution in [3.63, 3.8) is 0 Å². The van der Waals surface area contributed by atoms with Gasteiger partial charge in [-0.25, -0.2) is 0 Å². The van der Waals surface area contributed by atoms with E-state index in [-0.39, 0.29) is 6.04 Å². The summed E-state index contributed by atoms with van der Waals surface area (Å²) in [6, 6.07) is 0.760. The first-order valence-corrected chi connectivity index (χ1v) is 5.76. The molecule has 14 heavy (non-hydrogen) atoms. The summed E-state index contributed by atoms with van der Waals surface area (Å²) in [5.41, 5.74) is 5.89. The molecule has 1 aliphatic rings. The van der Waals surface area contributed by atoms with Gasteiger partial charge in [0.2, 0.25) is 0 Å². The summed E-state index contributed by atoms with van der Waals surface area (Å²) in [4.78, 5) is 2.47. The summed E-state index contributed by atoms with van der Waals surface area (Å²) in [7, 11) is 0. The molecule has 2 N–H and O–H groups in total. The van der Waals surface area contributed by atoms with Crippen LogP contribution in [0.3, 0.4) is 0 Å². The lowest BCUT2D eigenvalue weighted by Gasteiger charge is -2.37. The number of hydrogen-bond donors (Lipinski definition) is 1. The minimum absolute atomic E-state index is 0.263. The van der Waals surface area contributed by atoms with Crippen LogP contribution in [0.5, 0.6) is 0 Å². The van der Waals surface area contributed by atoms with Crippen molar-refractivity contribution in [2.75, 3.05) is 19.7 Å². The molecule has 2 unspecified atom stereocenters. The van der Waals surface area contributed by atoms with Gasteiger partial charge in [-0.3, -0.25) is 4.90 Å². The number of hydrogen-bond acceptors (Lipinski definition) is 3. The Morgan fingerprint density at radius 3 is 2.36 bits per heavy atom. The van der Waals surface area contributed by atoms with Crippen LogP contribution in [0.4, 0.5) is 0 Å². The SMILES string of the molecule is CCOC1CCN(C(C)C(C)N)CC1. The lowest BCUT2D eigenvalue weighted by atomic mass is 10.0. The maximum Gasteiger partial charge on any atom is 0.0599 e. The molecule has 0 aromatic rings. The predicted octanol–water partition coefficient (Wildman–Crippen LogP) is 1.22. The molecule has 0 aromatic heterocycles. The van der Waals surface area contributed by atoms with Gasteiger partial charge >= 0.3 is 0 Å². The summed E-state index contributed by atoms with van der Waals surface area (Å²) in [5.74, 6) is 0. The molecule has 0 radical (unpaired) electrons.